The summed E-state index contributed by atoms with van der Waals surface area (Å²) in [5.74, 6) is -0.914. The van der Waals surface area contributed by atoms with E-state index < -0.39 is 11.9 Å². The van der Waals surface area contributed by atoms with Gasteiger partial charge in [0.15, 0.2) is 0 Å². The number of primary amides is 1. The lowest BCUT2D eigenvalue weighted by Crippen LogP contribution is -2.42. The third-order valence-corrected chi connectivity index (χ3v) is 5.34. The maximum atomic E-state index is 12.3. The Morgan fingerprint density at radius 3 is 2.37 bits per heavy atom. The molecule has 1 fully saturated rings. The van der Waals surface area contributed by atoms with Crippen LogP contribution in [-0.4, -0.2) is 17.9 Å². The first kappa shape index (κ1) is 18.7. The molecule has 3 rings (SSSR count). The number of hydrogen-bond acceptors (Lipinski definition) is 3. The van der Waals surface area contributed by atoms with Crippen LogP contribution in [0.4, 0.5) is 0 Å². The highest BCUT2D eigenvalue weighted by molar-refractivity contribution is 5.98. The lowest BCUT2D eigenvalue weighted by Gasteiger charge is -2.21. The molecule has 1 atom stereocenters. The summed E-state index contributed by atoms with van der Waals surface area (Å²) in [4.78, 5) is 23.4. The molecule has 1 saturated carbocycles. The molecule has 2 aromatic rings. The zero-order valence-corrected chi connectivity index (χ0v) is 15.4. The van der Waals surface area contributed by atoms with E-state index in [1.54, 1.807) is 25.1 Å². The van der Waals surface area contributed by atoms with Gasteiger partial charge in [-0.3, -0.25) is 9.59 Å². The summed E-state index contributed by atoms with van der Waals surface area (Å²) in [6, 6.07) is 17.0. The van der Waals surface area contributed by atoms with Crippen molar-refractivity contribution in [1.29, 1.82) is 5.26 Å². The second kappa shape index (κ2) is 7.63. The number of benzene rings is 2. The molecule has 5 nitrogen and oxygen atoms in total. The van der Waals surface area contributed by atoms with Gasteiger partial charge in [-0.1, -0.05) is 49.2 Å². The summed E-state index contributed by atoms with van der Waals surface area (Å²) in [6.45, 7) is 1.55. The van der Waals surface area contributed by atoms with E-state index in [0.717, 1.165) is 42.4 Å². The Morgan fingerprint density at radius 1 is 1.11 bits per heavy atom. The molecule has 3 N–H and O–H groups in total. The quantitative estimate of drug-likeness (QED) is 0.855. The van der Waals surface area contributed by atoms with Gasteiger partial charge in [-0.15, -0.1) is 0 Å². The van der Waals surface area contributed by atoms with Crippen molar-refractivity contribution >= 4 is 11.8 Å². The molecule has 0 spiro atoms. The van der Waals surface area contributed by atoms with E-state index >= 15 is 0 Å². The fraction of sp³-hybridized carbons (Fsp3) is 0.318. The minimum Gasteiger partial charge on any atom is -0.368 e. The Hall–Kier alpha value is -3.13. The largest absolute Gasteiger partial charge is 0.368 e. The maximum absolute atomic E-state index is 12.3. The molecule has 0 unspecified atom stereocenters. The third-order valence-electron chi connectivity index (χ3n) is 5.34. The van der Waals surface area contributed by atoms with Crippen molar-refractivity contribution in [2.24, 2.45) is 5.73 Å². The van der Waals surface area contributed by atoms with Crippen molar-refractivity contribution in [2.45, 2.75) is 44.1 Å². The molecule has 27 heavy (non-hydrogen) atoms. The van der Waals surface area contributed by atoms with Crippen molar-refractivity contribution in [3.63, 3.8) is 0 Å². The molecule has 1 aliphatic carbocycles. The molecule has 0 aromatic heterocycles. The summed E-state index contributed by atoms with van der Waals surface area (Å²) < 4.78 is 0. The van der Waals surface area contributed by atoms with Crippen LogP contribution in [0.25, 0.3) is 11.1 Å². The van der Waals surface area contributed by atoms with E-state index in [0.29, 0.717) is 5.56 Å². The first-order valence-electron chi connectivity index (χ1n) is 9.18. The van der Waals surface area contributed by atoms with Crippen LogP contribution in [0.5, 0.6) is 0 Å². The van der Waals surface area contributed by atoms with E-state index in [1.165, 1.54) is 0 Å². The van der Waals surface area contributed by atoms with Crippen LogP contribution in [0, 0.1) is 11.3 Å². The molecule has 0 aliphatic heterocycles. The fourth-order valence-corrected chi connectivity index (χ4v) is 3.62. The first-order chi connectivity index (χ1) is 12.9. The van der Waals surface area contributed by atoms with Gasteiger partial charge in [-0.2, -0.15) is 5.26 Å². The van der Waals surface area contributed by atoms with Gasteiger partial charge >= 0.3 is 0 Å². The number of carbonyl (C=O) groups is 2. The van der Waals surface area contributed by atoms with Gasteiger partial charge in [0.2, 0.25) is 5.91 Å². The van der Waals surface area contributed by atoms with E-state index in [2.05, 4.69) is 11.4 Å². The lowest BCUT2D eigenvalue weighted by molar-refractivity contribution is -0.119. The second-order valence-electron chi connectivity index (χ2n) is 7.16. The average molecular weight is 361 g/mol. The summed E-state index contributed by atoms with van der Waals surface area (Å²) in [6.07, 6.45) is 4.01. The number of nitrogens with two attached hydrogens (primary N) is 1. The number of nitrogens with zero attached hydrogens (tertiary/aromatic N) is 1. The van der Waals surface area contributed by atoms with Crippen LogP contribution in [0.3, 0.4) is 0 Å². The highest BCUT2D eigenvalue weighted by Gasteiger charge is 2.35. The molecule has 2 amide bonds. The van der Waals surface area contributed by atoms with Gasteiger partial charge in [0.05, 0.1) is 11.5 Å². The minimum atomic E-state index is -0.728. The summed E-state index contributed by atoms with van der Waals surface area (Å²) >= 11 is 0. The molecule has 0 heterocycles. The van der Waals surface area contributed by atoms with Crippen LogP contribution in [0.1, 0.15) is 48.5 Å². The van der Waals surface area contributed by atoms with Crippen LogP contribution >= 0.6 is 0 Å². The van der Waals surface area contributed by atoms with Gasteiger partial charge in [-0.25, -0.2) is 0 Å². The fourth-order valence-electron chi connectivity index (χ4n) is 3.62. The zero-order chi connectivity index (χ0) is 19.4. The van der Waals surface area contributed by atoms with Crippen molar-refractivity contribution in [3.8, 4) is 17.2 Å². The number of rotatable bonds is 5. The Bertz CT molecular complexity index is 891. The predicted molar refractivity (Wildman–Crippen MR) is 104 cm³/mol. The van der Waals surface area contributed by atoms with E-state index in [-0.39, 0.29) is 11.3 Å². The first-order valence-corrected chi connectivity index (χ1v) is 9.18. The third kappa shape index (κ3) is 3.85. The van der Waals surface area contributed by atoms with Crippen molar-refractivity contribution in [1.82, 2.24) is 5.32 Å². The maximum Gasteiger partial charge on any atom is 0.251 e. The molecule has 138 valence electrons. The van der Waals surface area contributed by atoms with Gasteiger partial charge < -0.3 is 11.1 Å². The monoisotopic (exact) mass is 361 g/mol. The van der Waals surface area contributed by atoms with Crippen LogP contribution in [-0.2, 0) is 10.2 Å². The minimum absolute atomic E-state index is 0.339. The number of nitrogens with one attached hydrogen (secondary N) is 1. The zero-order valence-electron chi connectivity index (χ0n) is 15.4. The topological polar surface area (TPSA) is 96.0 Å². The Labute approximate surface area is 159 Å². The Morgan fingerprint density at radius 2 is 1.78 bits per heavy atom. The van der Waals surface area contributed by atoms with Crippen LogP contribution < -0.4 is 11.1 Å². The molecular formula is C22H23N3O2. The SMILES string of the molecule is C[C@H](NC(=O)c1cccc(-c2ccc(C3(C#N)CCCC3)cc2)c1)C(N)=O. The highest BCUT2D eigenvalue weighted by Crippen LogP contribution is 2.41. The summed E-state index contributed by atoms with van der Waals surface area (Å²) in [5.41, 5.74) is 8.25. The van der Waals surface area contributed by atoms with Crippen molar-refractivity contribution < 1.29 is 9.59 Å². The molecule has 5 heteroatoms. The molecule has 0 radical (unpaired) electrons. The number of nitriles is 1. The van der Waals surface area contributed by atoms with Crippen molar-refractivity contribution in [2.75, 3.05) is 0 Å². The van der Waals surface area contributed by atoms with Crippen molar-refractivity contribution in [3.05, 3.63) is 59.7 Å². The van der Waals surface area contributed by atoms with Crippen LogP contribution in [0.15, 0.2) is 48.5 Å². The predicted octanol–water partition coefficient (Wildman–Crippen LogP) is 3.29. The molecular weight excluding hydrogens is 338 g/mol. The molecule has 1 aliphatic rings. The molecule has 0 bridgehead atoms. The van der Waals surface area contributed by atoms with Gasteiger partial charge in [0, 0.05) is 5.56 Å². The molecule has 0 saturated heterocycles. The van der Waals surface area contributed by atoms with E-state index in [4.69, 9.17) is 5.73 Å². The highest BCUT2D eigenvalue weighted by atomic mass is 16.2. The number of carbonyl (C=O) groups excluding carboxylic acids is 2. The smallest absolute Gasteiger partial charge is 0.251 e. The Kier molecular flexibility index (Phi) is 5.27. The van der Waals surface area contributed by atoms with Crippen LogP contribution in [0.2, 0.25) is 0 Å². The average Bonchev–Trinajstić information content (AvgIpc) is 3.18. The lowest BCUT2D eigenvalue weighted by atomic mass is 9.80. The van der Waals surface area contributed by atoms with E-state index in [1.807, 2.05) is 30.3 Å². The normalized spacial score (nSPS) is 16.3. The van der Waals surface area contributed by atoms with Gasteiger partial charge in [0.1, 0.15) is 6.04 Å². The van der Waals surface area contributed by atoms with E-state index in [9.17, 15) is 14.9 Å². The Balaban J connectivity index is 1.82. The van der Waals surface area contributed by atoms with Gasteiger partial charge in [-0.05, 0) is 48.6 Å². The number of hydrogen-bond donors (Lipinski definition) is 2. The van der Waals surface area contributed by atoms with Gasteiger partial charge in [0.25, 0.3) is 5.91 Å². The number of amides is 2. The standard InChI is InChI=1S/C22H23N3O2/c1-15(20(24)26)25-21(27)18-6-4-5-17(13-18)16-7-9-19(10-8-16)22(14-23)11-2-3-12-22/h4-10,13,15H,2-3,11-12H2,1H3,(H2,24,26)(H,25,27)/t15-/m0/s1. The summed E-state index contributed by atoms with van der Waals surface area (Å²) in [5, 5.41) is 12.2. The molecule has 2 aromatic carbocycles. The second-order valence-corrected chi connectivity index (χ2v) is 7.16. The summed E-state index contributed by atoms with van der Waals surface area (Å²) in [7, 11) is 0.